The average molecular weight is 266 g/mol. The number of nitrogens with zero attached hydrogens (tertiary/aromatic N) is 3. The number of pyridine rings is 1. The minimum absolute atomic E-state index is 0.497. The summed E-state index contributed by atoms with van der Waals surface area (Å²) in [6, 6.07) is 11.5. The Morgan fingerprint density at radius 2 is 1.95 bits per heavy atom. The molecule has 0 aliphatic carbocycles. The number of anilines is 1. The van der Waals surface area contributed by atoms with Crippen LogP contribution in [-0.4, -0.2) is 21.6 Å². The Morgan fingerprint density at radius 1 is 1.10 bits per heavy atom. The highest BCUT2D eigenvalue weighted by Crippen LogP contribution is 2.28. The molecule has 0 aliphatic rings. The summed E-state index contributed by atoms with van der Waals surface area (Å²) in [5.41, 5.74) is 8.43. The Hall–Kier alpha value is -2.82. The van der Waals surface area contributed by atoms with Crippen LogP contribution in [0.15, 0.2) is 55.1 Å². The maximum Gasteiger partial charge on any atom is 0.142 e. The zero-order valence-electron chi connectivity index (χ0n) is 11.0. The second-order valence-electron chi connectivity index (χ2n) is 4.29. The summed E-state index contributed by atoms with van der Waals surface area (Å²) in [6.07, 6.45) is 5.28. The van der Waals surface area contributed by atoms with E-state index in [1.165, 1.54) is 0 Å². The zero-order valence-corrected chi connectivity index (χ0v) is 11.0. The van der Waals surface area contributed by atoms with Gasteiger partial charge in [-0.3, -0.25) is 4.57 Å². The summed E-state index contributed by atoms with van der Waals surface area (Å²) < 4.78 is 7.36. The minimum atomic E-state index is 0.497. The first-order chi connectivity index (χ1) is 9.79. The van der Waals surface area contributed by atoms with Gasteiger partial charge in [0.05, 0.1) is 31.0 Å². The Morgan fingerprint density at radius 3 is 2.70 bits per heavy atom. The summed E-state index contributed by atoms with van der Waals surface area (Å²) in [5, 5.41) is 0. The highest BCUT2D eigenvalue weighted by atomic mass is 16.5. The molecular weight excluding hydrogens is 252 g/mol. The van der Waals surface area contributed by atoms with Gasteiger partial charge in [0.15, 0.2) is 0 Å². The normalized spacial score (nSPS) is 10.4. The largest absolute Gasteiger partial charge is 0.495 e. The van der Waals surface area contributed by atoms with Crippen LogP contribution in [0.4, 0.5) is 5.82 Å². The maximum atomic E-state index is 5.62. The number of ether oxygens (including phenoxy) is 1. The van der Waals surface area contributed by atoms with Gasteiger partial charge in [0.2, 0.25) is 0 Å². The van der Waals surface area contributed by atoms with E-state index in [0.29, 0.717) is 5.82 Å². The van der Waals surface area contributed by atoms with E-state index in [4.69, 9.17) is 10.5 Å². The monoisotopic (exact) mass is 266 g/mol. The van der Waals surface area contributed by atoms with Crippen molar-refractivity contribution in [2.24, 2.45) is 0 Å². The maximum absolute atomic E-state index is 5.62. The summed E-state index contributed by atoms with van der Waals surface area (Å²) in [5.74, 6) is 1.28. The van der Waals surface area contributed by atoms with Crippen LogP contribution in [-0.2, 0) is 0 Å². The van der Waals surface area contributed by atoms with Crippen LogP contribution in [0.5, 0.6) is 5.75 Å². The van der Waals surface area contributed by atoms with Gasteiger partial charge in [-0.05, 0) is 24.3 Å². The molecule has 20 heavy (non-hydrogen) atoms. The van der Waals surface area contributed by atoms with E-state index in [9.17, 15) is 0 Å². The molecule has 2 heterocycles. The quantitative estimate of drug-likeness (QED) is 0.791. The number of imidazole rings is 1. The molecule has 0 saturated carbocycles. The van der Waals surface area contributed by atoms with Gasteiger partial charge in [-0.15, -0.1) is 0 Å². The third-order valence-electron chi connectivity index (χ3n) is 3.07. The predicted molar refractivity (Wildman–Crippen MR) is 77.8 cm³/mol. The summed E-state index contributed by atoms with van der Waals surface area (Å²) in [4.78, 5) is 8.34. The van der Waals surface area contributed by atoms with E-state index < -0.39 is 0 Å². The molecule has 0 spiro atoms. The molecule has 0 amide bonds. The van der Waals surface area contributed by atoms with Crippen molar-refractivity contribution in [3.63, 3.8) is 0 Å². The van der Waals surface area contributed by atoms with Gasteiger partial charge in [-0.2, -0.15) is 0 Å². The predicted octanol–water partition coefficient (Wildman–Crippen LogP) is 2.53. The molecule has 2 aromatic heterocycles. The van der Waals surface area contributed by atoms with Crippen LogP contribution in [0.3, 0.4) is 0 Å². The third kappa shape index (κ3) is 2.09. The Bertz CT molecular complexity index is 719. The average Bonchev–Trinajstić information content (AvgIpc) is 2.97. The fraction of sp³-hybridized carbons (Fsp3) is 0.0667. The van der Waals surface area contributed by atoms with Crippen molar-refractivity contribution in [2.45, 2.75) is 0 Å². The first-order valence-corrected chi connectivity index (χ1v) is 6.17. The third-order valence-corrected chi connectivity index (χ3v) is 3.07. The van der Waals surface area contributed by atoms with Crippen LogP contribution >= 0.6 is 0 Å². The van der Waals surface area contributed by atoms with E-state index in [1.54, 1.807) is 31.9 Å². The second kappa shape index (κ2) is 5.05. The molecule has 3 rings (SSSR count). The molecule has 5 nitrogen and oxygen atoms in total. The SMILES string of the molecule is COc1ccccc1-n1cncc1-c1ccc(N)nc1. The van der Waals surface area contributed by atoms with Crippen molar-refractivity contribution < 1.29 is 4.74 Å². The van der Waals surface area contributed by atoms with E-state index in [2.05, 4.69) is 9.97 Å². The lowest BCUT2D eigenvalue weighted by atomic mass is 10.2. The lowest BCUT2D eigenvalue weighted by molar-refractivity contribution is 0.413. The van der Waals surface area contributed by atoms with Crippen LogP contribution < -0.4 is 10.5 Å². The fourth-order valence-electron chi connectivity index (χ4n) is 2.09. The molecule has 0 atom stereocenters. The Labute approximate surface area is 116 Å². The second-order valence-corrected chi connectivity index (χ2v) is 4.29. The molecular formula is C15H14N4O. The highest BCUT2D eigenvalue weighted by Gasteiger charge is 2.10. The van der Waals surface area contributed by atoms with E-state index in [1.807, 2.05) is 34.9 Å². The topological polar surface area (TPSA) is 66.0 Å². The van der Waals surface area contributed by atoms with E-state index >= 15 is 0 Å². The molecule has 5 heteroatoms. The molecule has 0 unspecified atom stereocenters. The first kappa shape index (κ1) is 12.2. The highest BCUT2D eigenvalue weighted by molar-refractivity contribution is 5.63. The Kier molecular flexibility index (Phi) is 3.09. The van der Waals surface area contributed by atoms with Gasteiger partial charge >= 0.3 is 0 Å². The lowest BCUT2D eigenvalue weighted by Gasteiger charge is -2.12. The number of nitrogens with two attached hydrogens (primary N) is 1. The van der Waals surface area contributed by atoms with Crippen LogP contribution in [0.1, 0.15) is 0 Å². The zero-order chi connectivity index (χ0) is 13.9. The van der Waals surface area contributed by atoms with Gasteiger partial charge in [0.1, 0.15) is 11.6 Å². The summed E-state index contributed by atoms with van der Waals surface area (Å²) >= 11 is 0. The van der Waals surface area contributed by atoms with Crippen molar-refractivity contribution >= 4 is 5.82 Å². The van der Waals surface area contributed by atoms with Crippen molar-refractivity contribution in [1.29, 1.82) is 0 Å². The number of benzene rings is 1. The molecule has 1 aromatic carbocycles. The first-order valence-electron chi connectivity index (χ1n) is 6.17. The minimum Gasteiger partial charge on any atom is -0.495 e. The number of hydrogen-bond donors (Lipinski definition) is 1. The van der Waals surface area contributed by atoms with Gasteiger partial charge in [-0.25, -0.2) is 9.97 Å². The number of aromatic nitrogens is 3. The molecule has 3 aromatic rings. The van der Waals surface area contributed by atoms with Gasteiger partial charge in [0.25, 0.3) is 0 Å². The van der Waals surface area contributed by atoms with Crippen molar-refractivity contribution in [2.75, 3.05) is 12.8 Å². The summed E-state index contributed by atoms with van der Waals surface area (Å²) in [6.45, 7) is 0. The van der Waals surface area contributed by atoms with Gasteiger partial charge in [0, 0.05) is 11.8 Å². The standard InChI is InChI=1S/C15H14N4O/c1-20-14-5-3-2-4-12(14)19-10-17-9-13(19)11-6-7-15(16)18-8-11/h2-10H,1H3,(H2,16,18). The molecule has 100 valence electrons. The van der Waals surface area contributed by atoms with E-state index in [0.717, 1.165) is 22.7 Å². The van der Waals surface area contributed by atoms with Gasteiger partial charge < -0.3 is 10.5 Å². The summed E-state index contributed by atoms with van der Waals surface area (Å²) in [7, 11) is 1.65. The van der Waals surface area contributed by atoms with Crippen LogP contribution in [0, 0.1) is 0 Å². The molecule has 0 radical (unpaired) electrons. The molecule has 0 saturated heterocycles. The molecule has 2 N–H and O–H groups in total. The number of methoxy groups -OCH3 is 1. The van der Waals surface area contributed by atoms with Gasteiger partial charge in [-0.1, -0.05) is 12.1 Å². The van der Waals surface area contributed by atoms with Crippen LogP contribution in [0.25, 0.3) is 16.9 Å². The lowest BCUT2D eigenvalue weighted by Crippen LogP contribution is -1.99. The molecule has 0 fully saturated rings. The van der Waals surface area contributed by atoms with E-state index in [-0.39, 0.29) is 0 Å². The number of para-hydroxylation sites is 2. The van der Waals surface area contributed by atoms with Crippen molar-refractivity contribution in [1.82, 2.24) is 14.5 Å². The van der Waals surface area contributed by atoms with Crippen molar-refractivity contribution in [3.8, 4) is 22.7 Å². The number of hydrogen-bond acceptors (Lipinski definition) is 4. The number of rotatable bonds is 3. The van der Waals surface area contributed by atoms with Crippen LogP contribution in [0.2, 0.25) is 0 Å². The van der Waals surface area contributed by atoms with Crippen molar-refractivity contribution in [3.05, 3.63) is 55.1 Å². The fourth-order valence-corrected chi connectivity index (χ4v) is 2.09. The Balaban J connectivity index is 2.13. The molecule has 0 bridgehead atoms. The smallest absolute Gasteiger partial charge is 0.142 e. The molecule has 0 aliphatic heterocycles. The number of nitrogen functional groups attached to an aromatic ring is 1.